The van der Waals surface area contributed by atoms with Gasteiger partial charge >= 0.3 is 8.80 Å². The predicted octanol–water partition coefficient (Wildman–Crippen LogP) is 0.972. The summed E-state index contributed by atoms with van der Waals surface area (Å²) >= 11 is 0. The molecule has 2 N–H and O–H groups in total. The molecule has 0 aromatic rings. The van der Waals surface area contributed by atoms with Crippen LogP contribution in [0.3, 0.4) is 0 Å². The molecule has 2 saturated heterocycles. The lowest BCUT2D eigenvalue weighted by atomic mass is 10.1. The summed E-state index contributed by atoms with van der Waals surface area (Å²) in [6, 6.07) is 0. The van der Waals surface area contributed by atoms with Gasteiger partial charge in [-0.2, -0.15) is 0 Å². The largest absolute Gasteiger partial charge is 0.510 e. The lowest BCUT2D eigenvalue weighted by Gasteiger charge is -2.29. The lowest BCUT2D eigenvalue weighted by Crippen LogP contribution is -2.46. The topological polar surface area (TPSA) is 68.2 Å². The smallest absolute Gasteiger partial charge is 0.504 e. The summed E-state index contributed by atoms with van der Waals surface area (Å²) in [6.45, 7) is 7.75. The molecular weight excluding hydrogens is 228 g/mol. The summed E-state index contributed by atoms with van der Waals surface area (Å²) in [5.74, 6) is -0.0775. The minimum atomic E-state index is -2.76. The van der Waals surface area contributed by atoms with Crippen LogP contribution in [0, 0.1) is 0 Å². The Bertz CT molecular complexity index is 295. The van der Waals surface area contributed by atoms with E-state index >= 15 is 0 Å². The molecule has 92 valence electrons. The van der Waals surface area contributed by atoms with E-state index in [1.165, 1.54) is 0 Å². The fourth-order valence-electron chi connectivity index (χ4n) is 1.99. The third-order valence-electron chi connectivity index (χ3n) is 3.03. The second-order valence-electron chi connectivity index (χ2n) is 4.63. The molecule has 2 aliphatic rings. The number of hydrogen-bond donors (Lipinski definition) is 2. The first kappa shape index (κ1) is 12.1. The van der Waals surface area contributed by atoms with Crippen molar-refractivity contribution in [1.82, 2.24) is 0 Å². The molecule has 0 saturated carbocycles. The highest BCUT2D eigenvalue weighted by Crippen LogP contribution is 2.38. The highest BCUT2D eigenvalue weighted by molar-refractivity contribution is 6.62. The van der Waals surface area contributed by atoms with E-state index in [1.54, 1.807) is 0 Å². The van der Waals surface area contributed by atoms with Gasteiger partial charge in [0.25, 0.3) is 0 Å². The number of aliphatic hydroxyl groups excluding tert-OH is 2. The van der Waals surface area contributed by atoms with Gasteiger partial charge in [0, 0.05) is 12.0 Å². The average molecular weight is 246 g/mol. The third-order valence-corrected chi connectivity index (χ3v) is 6.26. The quantitative estimate of drug-likeness (QED) is 0.561. The number of fused-ring (bicyclic) bond motifs is 2. The van der Waals surface area contributed by atoms with E-state index in [1.807, 2.05) is 13.8 Å². The van der Waals surface area contributed by atoms with Crippen LogP contribution in [0.2, 0.25) is 5.54 Å². The Labute approximate surface area is 96.0 Å². The van der Waals surface area contributed by atoms with Crippen molar-refractivity contribution in [3.05, 3.63) is 12.3 Å². The van der Waals surface area contributed by atoms with E-state index in [4.69, 9.17) is 13.3 Å². The molecule has 2 aliphatic heterocycles. The first-order valence-electron chi connectivity index (χ1n) is 5.50. The highest BCUT2D eigenvalue weighted by atomic mass is 28.4. The summed E-state index contributed by atoms with van der Waals surface area (Å²) in [5.41, 5.74) is 0.102. The van der Waals surface area contributed by atoms with Crippen LogP contribution in [0.5, 0.6) is 0 Å². The van der Waals surface area contributed by atoms with Crippen LogP contribution >= 0.6 is 0 Å². The van der Waals surface area contributed by atoms with Crippen molar-refractivity contribution < 1.29 is 23.5 Å². The molecular formula is C10H18O5Si. The van der Waals surface area contributed by atoms with Crippen molar-refractivity contribution in [3.63, 3.8) is 0 Å². The van der Waals surface area contributed by atoms with E-state index in [0.29, 0.717) is 13.0 Å². The average Bonchev–Trinajstić information content (AvgIpc) is 2.54. The maximum Gasteiger partial charge on any atom is 0.504 e. The van der Waals surface area contributed by atoms with Gasteiger partial charge in [-0.05, 0) is 0 Å². The van der Waals surface area contributed by atoms with E-state index in [-0.39, 0.29) is 17.4 Å². The second kappa shape index (κ2) is 4.12. The van der Waals surface area contributed by atoms with Crippen molar-refractivity contribution >= 4 is 8.80 Å². The Morgan fingerprint density at radius 3 is 2.69 bits per heavy atom. The zero-order valence-corrected chi connectivity index (χ0v) is 10.5. The molecule has 0 aromatic heterocycles. The summed E-state index contributed by atoms with van der Waals surface area (Å²) in [4.78, 5) is 0. The van der Waals surface area contributed by atoms with Gasteiger partial charge in [-0.15, -0.1) is 0 Å². The monoisotopic (exact) mass is 246 g/mol. The van der Waals surface area contributed by atoms with Crippen LogP contribution < -0.4 is 0 Å². The summed E-state index contributed by atoms with van der Waals surface area (Å²) in [6.07, 6.45) is -1.29. The van der Waals surface area contributed by atoms with Crippen molar-refractivity contribution in [2.24, 2.45) is 0 Å². The minimum absolute atomic E-state index is 0.0775. The van der Waals surface area contributed by atoms with Crippen LogP contribution in [0.25, 0.3) is 0 Å². The fourth-order valence-corrected chi connectivity index (χ4v) is 4.73. The van der Waals surface area contributed by atoms with Crippen LogP contribution in [0.4, 0.5) is 0 Å². The molecule has 4 atom stereocenters. The predicted molar refractivity (Wildman–Crippen MR) is 58.9 cm³/mol. The van der Waals surface area contributed by atoms with Gasteiger partial charge in [-0.25, -0.2) is 0 Å². The number of hydrogen-bond acceptors (Lipinski definition) is 5. The minimum Gasteiger partial charge on any atom is -0.510 e. The standard InChI is InChI=1S/C10H18O5Si/c1-6(2)16-13-5-10(15-16)8(12)4-9(14-16)7(3)11/h6,8-12H,3-5H2,1-2H3. The molecule has 5 nitrogen and oxygen atoms in total. The van der Waals surface area contributed by atoms with Crippen LogP contribution in [0.15, 0.2) is 12.3 Å². The van der Waals surface area contributed by atoms with Crippen LogP contribution in [-0.2, 0) is 13.3 Å². The molecule has 2 bridgehead atoms. The van der Waals surface area contributed by atoms with Gasteiger partial charge in [-0.3, -0.25) is 0 Å². The molecule has 2 heterocycles. The molecule has 2 fully saturated rings. The summed E-state index contributed by atoms with van der Waals surface area (Å²) < 4.78 is 17.2. The van der Waals surface area contributed by atoms with Crippen molar-refractivity contribution in [2.75, 3.05) is 6.61 Å². The first-order chi connectivity index (χ1) is 7.44. The molecule has 0 aliphatic carbocycles. The Balaban J connectivity index is 2.24. The normalized spacial score (nSPS) is 43.4. The number of aliphatic hydroxyl groups is 2. The zero-order chi connectivity index (χ0) is 11.9. The van der Waals surface area contributed by atoms with Gasteiger partial charge in [0.15, 0.2) is 0 Å². The van der Waals surface area contributed by atoms with E-state index in [9.17, 15) is 10.2 Å². The van der Waals surface area contributed by atoms with Gasteiger partial charge in [0.05, 0.1) is 18.8 Å². The van der Waals surface area contributed by atoms with E-state index < -0.39 is 21.0 Å². The fraction of sp³-hybridized carbons (Fsp3) is 0.800. The molecule has 0 amide bonds. The highest BCUT2D eigenvalue weighted by Gasteiger charge is 2.57. The lowest BCUT2D eigenvalue weighted by molar-refractivity contribution is 0.0300. The molecule has 0 spiro atoms. The maximum absolute atomic E-state index is 9.88. The van der Waals surface area contributed by atoms with Crippen molar-refractivity contribution in [1.29, 1.82) is 0 Å². The van der Waals surface area contributed by atoms with Crippen molar-refractivity contribution in [2.45, 2.75) is 44.1 Å². The first-order valence-corrected chi connectivity index (χ1v) is 7.30. The maximum atomic E-state index is 9.88. The van der Waals surface area contributed by atoms with Gasteiger partial charge in [0.2, 0.25) is 0 Å². The summed E-state index contributed by atoms with van der Waals surface area (Å²) in [5, 5.41) is 19.3. The van der Waals surface area contributed by atoms with Gasteiger partial charge in [0.1, 0.15) is 11.9 Å². The Kier molecular flexibility index (Phi) is 3.11. The Hall–Kier alpha value is -0.403. The van der Waals surface area contributed by atoms with E-state index in [0.717, 1.165) is 0 Å². The number of rotatable bonds is 2. The SMILES string of the molecule is C=C(O)C1CC(O)C2CO[Si](C(C)C)(O1)O2. The van der Waals surface area contributed by atoms with Gasteiger partial charge < -0.3 is 23.5 Å². The zero-order valence-electron chi connectivity index (χ0n) is 9.55. The Morgan fingerprint density at radius 2 is 2.12 bits per heavy atom. The van der Waals surface area contributed by atoms with Crippen molar-refractivity contribution in [3.8, 4) is 0 Å². The van der Waals surface area contributed by atoms with Gasteiger partial charge in [-0.1, -0.05) is 20.4 Å². The third kappa shape index (κ3) is 1.91. The second-order valence-corrected chi connectivity index (χ2v) is 7.75. The molecule has 16 heavy (non-hydrogen) atoms. The van der Waals surface area contributed by atoms with Crippen LogP contribution in [0.1, 0.15) is 20.3 Å². The van der Waals surface area contributed by atoms with Crippen LogP contribution in [-0.4, -0.2) is 43.9 Å². The van der Waals surface area contributed by atoms with E-state index in [2.05, 4.69) is 6.58 Å². The molecule has 0 radical (unpaired) electrons. The molecule has 4 unspecified atom stereocenters. The Morgan fingerprint density at radius 1 is 1.44 bits per heavy atom. The molecule has 6 heteroatoms. The molecule has 2 rings (SSSR count). The molecule has 0 aromatic carbocycles. The summed E-state index contributed by atoms with van der Waals surface area (Å²) in [7, 11) is -2.76.